The van der Waals surface area contributed by atoms with E-state index in [0.717, 1.165) is 24.9 Å². The van der Waals surface area contributed by atoms with Crippen LogP contribution in [0, 0.1) is 0 Å². The van der Waals surface area contributed by atoms with Gasteiger partial charge in [-0.2, -0.15) is 0 Å². The zero-order valence-electron chi connectivity index (χ0n) is 13.8. The molecule has 23 heavy (non-hydrogen) atoms. The number of nitrogens with zero attached hydrogens (tertiary/aromatic N) is 1. The second-order valence-electron chi connectivity index (χ2n) is 7.09. The van der Waals surface area contributed by atoms with E-state index in [1.807, 2.05) is 21.0 Å². The van der Waals surface area contributed by atoms with Gasteiger partial charge in [0.15, 0.2) is 0 Å². The van der Waals surface area contributed by atoms with E-state index in [1.54, 1.807) is 12.1 Å². The van der Waals surface area contributed by atoms with Crippen LogP contribution < -0.4 is 4.74 Å². The Morgan fingerprint density at radius 2 is 1.61 bits per heavy atom. The maximum absolute atomic E-state index is 12.3. The Morgan fingerprint density at radius 3 is 2.04 bits per heavy atom. The molecule has 0 heterocycles. The van der Waals surface area contributed by atoms with Crippen LogP contribution in [0.4, 0.5) is 13.2 Å². The van der Waals surface area contributed by atoms with E-state index in [9.17, 15) is 18.3 Å². The Kier molecular flexibility index (Phi) is 4.97. The van der Waals surface area contributed by atoms with Crippen molar-refractivity contribution in [3.8, 4) is 5.75 Å². The van der Waals surface area contributed by atoms with E-state index in [1.165, 1.54) is 12.1 Å². The molecular weight excluding hydrogens is 307 g/mol. The summed E-state index contributed by atoms with van der Waals surface area (Å²) in [5, 5.41) is 10.2. The largest absolute Gasteiger partial charge is 0.573 e. The minimum atomic E-state index is -4.67. The molecule has 0 spiro atoms. The van der Waals surface area contributed by atoms with Crippen LogP contribution in [0.5, 0.6) is 5.75 Å². The lowest BCUT2D eigenvalue weighted by Crippen LogP contribution is -2.45. The molecule has 3 nitrogen and oxygen atoms in total. The second-order valence-corrected chi connectivity index (χ2v) is 7.09. The van der Waals surface area contributed by atoms with Gasteiger partial charge in [0.25, 0.3) is 0 Å². The molecule has 1 aliphatic carbocycles. The fourth-order valence-corrected chi connectivity index (χ4v) is 3.42. The molecule has 0 bridgehead atoms. The molecule has 0 unspecified atom stereocenters. The van der Waals surface area contributed by atoms with Gasteiger partial charge in [-0.3, -0.25) is 0 Å². The van der Waals surface area contributed by atoms with Crippen LogP contribution in [0.3, 0.4) is 0 Å². The molecule has 0 atom stereocenters. The third-order valence-electron chi connectivity index (χ3n) is 4.60. The quantitative estimate of drug-likeness (QED) is 0.913. The number of likely N-dealkylation sites (N-methyl/N-ethyl adjacent to an activating group) is 1. The van der Waals surface area contributed by atoms with Gasteiger partial charge in [-0.15, -0.1) is 13.2 Å². The van der Waals surface area contributed by atoms with Gasteiger partial charge in [0, 0.05) is 12.0 Å². The average molecular weight is 331 g/mol. The minimum absolute atomic E-state index is 0.150. The van der Waals surface area contributed by atoms with Crippen molar-refractivity contribution < 1.29 is 23.0 Å². The van der Waals surface area contributed by atoms with Crippen molar-refractivity contribution in [2.24, 2.45) is 0 Å². The summed E-state index contributed by atoms with van der Waals surface area (Å²) in [6.45, 7) is 2.63. The molecule has 0 aromatic heterocycles. The molecule has 130 valence electrons. The first-order chi connectivity index (χ1) is 10.5. The zero-order valence-corrected chi connectivity index (χ0v) is 13.8. The molecule has 2 rings (SSSR count). The van der Waals surface area contributed by atoms with Crippen molar-refractivity contribution in [2.75, 3.05) is 20.6 Å². The Balaban J connectivity index is 2.23. The summed E-state index contributed by atoms with van der Waals surface area (Å²) in [5.41, 5.74) is 0.189. The molecule has 0 saturated heterocycles. The van der Waals surface area contributed by atoms with Crippen LogP contribution in [-0.4, -0.2) is 42.6 Å². The first-order valence-corrected chi connectivity index (χ1v) is 7.75. The predicted octanol–water partition coefficient (Wildman–Crippen LogP) is 3.71. The number of hydrogen-bond donors (Lipinski definition) is 1. The number of hydrogen-bond acceptors (Lipinski definition) is 3. The molecule has 0 radical (unpaired) electrons. The lowest BCUT2D eigenvalue weighted by molar-refractivity contribution is -0.274. The molecule has 1 aromatic carbocycles. The number of halogens is 3. The van der Waals surface area contributed by atoms with Gasteiger partial charge in [0.05, 0.1) is 5.60 Å². The third kappa shape index (κ3) is 4.85. The minimum Gasteiger partial charge on any atom is -0.406 e. The monoisotopic (exact) mass is 331 g/mol. The van der Waals surface area contributed by atoms with Gasteiger partial charge in [-0.1, -0.05) is 12.1 Å². The van der Waals surface area contributed by atoms with Gasteiger partial charge in [0.1, 0.15) is 5.75 Å². The number of ether oxygens (including phenoxy) is 1. The highest BCUT2D eigenvalue weighted by Crippen LogP contribution is 2.44. The van der Waals surface area contributed by atoms with Crippen LogP contribution in [0.15, 0.2) is 24.3 Å². The standard InChI is InChI=1S/C17H24F3NO2/c1-15(22)8-10-16(11-9-15,12-21(2)3)13-4-6-14(7-5-13)23-17(18,19)20/h4-7,22H,8-12H2,1-3H3. The number of benzene rings is 1. The maximum atomic E-state index is 12.3. The first-order valence-electron chi connectivity index (χ1n) is 7.75. The van der Waals surface area contributed by atoms with Crippen LogP contribution in [0.2, 0.25) is 0 Å². The fourth-order valence-electron chi connectivity index (χ4n) is 3.42. The summed E-state index contributed by atoms with van der Waals surface area (Å²) in [7, 11) is 3.96. The van der Waals surface area contributed by atoms with Crippen molar-refractivity contribution >= 4 is 0 Å². The normalized spacial score (nSPS) is 28.9. The molecule has 0 aliphatic heterocycles. The SMILES string of the molecule is CN(C)CC1(c2ccc(OC(F)(F)F)cc2)CCC(C)(O)CC1. The average Bonchev–Trinajstić information content (AvgIpc) is 2.40. The van der Waals surface area contributed by atoms with Crippen LogP contribution in [-0.2, 0) is 5.41 Å². The summed E-state index contributed by atoms with van der Waals surface area (Å²) >= 11 is 0. The van der Waals surface area contributed by atoms with Gasteiger partial charge in [-0.25, -0.2) is 0 Å². The second kappa shape index (κ2) is 6.32. The molecule has 6 heteroatoms. The van der Waals surface area contributed by atoms with E-state index < -0.39 is 12.0 Å². The summed E-state index contributed by atoms with van der Waals surface area (Å²) in [5.74, 6) is -0.205. The van der Waals surface area contributed by atoms with E-state index in [-0.39, 0.29) is 11.2 Å². The zero-order chi connectivity index (χ0) is 17.3. The Labute approximate surface area is 135 Å². The third-order valence-corrected chi connectivity index (χ3v) is 4.60. The first kappa shape index (κ1) is 18.1. The van der Waals surface area contributed by atoms with Gasteiger partial charge in [0.2, 0.25) is 0 Å². The highest BCUT2D eigenvalue weighted by atomic mass is 19.4. The molecule has 1 aliphatic rings. The van der Waals surface area contributed by atoms with Gasteiger partial charge < -0.3 is 14.7 Å². The molecule has 1 saturated carbocycles. The van der Waals surface area contributed by atoms with Crippen LogP contribution in [0.1, 0.15) is 38.2 Å². The summed E-state index contributed by atoms with van der Waals surface area (Å²) in [6, 6.07) is 6.16. The predicted molar refractivity (Wildman–Crippen MR) is 82.4 cm³/mol. The molecule has 1 N–H and O–H groups in total. The topological polar surface area (TPSA) is 32.7 Å². The van der Waals surface area contributed by atoms with E-state index in [4.69, 9.17) is 0 Å². The Bertz CT molecular complexity index is 514. The highest BCUT2D eigenvalue weighted by molar-refractivity contribution is 5.33. The molecule has 1 fully saturated rings. The van der Waals surface area contributed by atoms with Crippen LogP contribution in [0.25, 0.3) is 0 Å². The smallest absolute Gasteiger partial charge is 0.406 e. The number of rotatable bonds is 4. The van der Waals surface area contributed by atoms with Crippen molar-refractivity contribution in [3.05, 3.63) is 29.8 Å². The Morgan fingerprint density at radius 1 is 1.09 bits per heavy atom. The lowest BCUT2D eigenvalue weighted by Gasteiger charge is -2.44. The number of aliphatic hydroxyl groups is 1. The van der Waals surface area contributed by atoms with E-state index in [0.29, 0.717) is 12.8 Å². The van der Waals surface area contributed by atoms with Crippen molar-refractivity contribution in [3.63, 3.8) is 0 Å². The molecular formula is C17H24F3NO2. The van der Waals surface area contributed by atoms with Crippen molar-refractivity contribution in [1.29, 1.82) is 0 Å². The lowest BCUT2D eigenvalue weighted by atomic mass is 9.65. The fraction of sp³-hybridized carbons (Fsp3) is 0.647. The van der Waals surface area contributed by atoms with Crippen LogP contribution >= 0.6 is 0 Å². The van der Waals surface area contributed by atoms with Gasteiger partial charge >= 0.3 is 6.36 Å². The maximum Gasteiger partial charge on any atom is 0.573 e. The summed E-state index contributed by atoms with van der Waals surface area (Å²) in [6.07, 6.45) is -1.70. The summed E-state index contributed by atoms with van der Waals surface area (Å²) in [4.78, 5) is 2.08. The molecule has 1 aromatic rings. The Hall–Kier alpha value is -1.27. The van der Waals surface area contributed by atoms with Crippen molar-refractivity contribution in [2.45, 2.75) is 50.0 Å². The highest BCUT2D eigenvalue weighted by Gasteiger charge is 2.41. The van der Waals surface area contributed by atoms with Gasteiger partial charge in [-0.05, 0) is 64.4 Å². The van der Waals surface area contributed by atoms with E-state index >= 15 is 0 Å². The van der Waals surface area contributed by atoms with Crippen molar-refractivity contribution in [1.82, 2.24) is 4.90 Å². The molecule has 0 amide bonds. The summed E-state index contributed by atoms with van der Waals surface area (Å²) < 4.78 is 40.8. The van der Waals surface area contributed by atoms with E-state index in [2.05, 4.69) is 9.64 Å². The number of alkyl halides is 3.